The van der Waals surface area contributed by atoms with E-state index in [4.69, 9.17) is 0 Å². The van der Waals surface area contributed by atoms with Crippen LogP contribution in [-0.2, 0) is 0 Å². The van der Waals surface area contributed by atoms with Gasteiger partial charge in [0.15, 0.2) is 0 Å². The van der Waals surface area contributed by atoms with Gasteiger partial charge in [-0.25, -0.2) is 0 Å². The summed E-state index contributed by atoms with van der Waals surface area (Å²) in [5, 5.41) is 22.8. The molecule has 1 nitrogen and oxygen atoms in total. The highest BCUT2D eigenvalue weighted by atomic mass is 15.1. The maximum Gasteiger partial charge on any atom is 0.0546 e. The Morgan fingerprint density at radius 2 is 0.661 bits per heavy atom. The van der Waals surface area contributed by atoms with Crippen molar-refractivity contribution in [2.24, 2.45) is 0 Å². The third-order valence-electron chi connectivity index (χ3n) is 12.9. The van der Waals surface area contributed by atoms with Crippen molar-refractivity contribution in [3.05, 3.63) is 212 Å². The first-order chi connectivity index (χ1) is 29.3. The van der Waals surface area contributed by atoms with Gasteiger partial charge in [0.25, 0.3) is 0 Å². The van der Waals surface area contributed by atoms with E-state index in [-0.39, 0.29) is 0 Å². The van der Waals surface area contributed by atoms with Crippen LogP contribution in [0.5, 0.6) is 0 Å². The monoisotopic (exact) mass is 745 g/mol. The van der Waals surface area contributed by atoms with Gasteiger partial charge in [-0.15, -0.1) is 0 Å². The quantitative estimate of drug-likeness (QED) is 0.162. The second-order valence-corrected chi connectivity index (χ2v) is 16.0. The summed E-state index contributed by atoms with van der Waals surface area (Å²) in [7, 11) is 0. The molecule has 13 aromatic rings. The summed E-state index contributed by atoms with van der Waals surface area (Å²) < 4.78 is 0. The van der Waals surface area contributed by atoms with Crippen LogP contribution in [0.25, 0.3) is 108 Å². The summed E-state index contributed by atoms with van der Waals surface area (Å²) in [6.07, 6.45) is 0. The fourth-order valence-electron chi connectivity index (χ4n) is 10.3. The Kier molecular flexibility index (Phi) is 6.79. The summed E-state index contributed by atoms with van der Waals surface area (Å²) in [5.74, 6) is 0. The molecule has 0 amide bonds. The number of rotatable bonds is 4. The van der Waals surface area contributed by atoms with Crippen molar-refractivity contribution < 1.29 is 0 Å². The van der Waals surface area contributed by atoms with Gasteiger partial charge >= 0.3 is 0 Å². The number of anilines is 3. The molecule has 0 aromatic heterocycles. The fourth-order valence-corrected chi connectivity index (χ4v) is 10.3. The lowest BCUT2D eigenvalue weighted by atomic mass is 9.87. The van der Waals surface area contributed by atoms with Crippen LogP contribution in [0, 0.1) is 0 Å². The lowest BCUT2D eigenvalue weighted by molar-refractivity contribution is 1.32. The average Bonchev–Trinajstić information content (AvgIpc) is 3.30. The van der Waals surface area contributed by atoms with Crippen molar-refractivity contribution in [1.82, 2.24) is 0 Å². The highest BCUT2D eigenvalue weighted by Crippen LogP contribution is 2.50. The summed E-state index contributed by atoms with van der Waals surface area (Å²) >= 11 is 0. The van der Waals surface area contributed by atoms with E-state index in [9.17, 15) is 0 Å². The maximum absolute atomic E-state index is 2.53. The number of benzene rings is 12. The van der Waals surface area contributed by atoms with Crippen molar-refractivity contribution in [2.75, 3.05) is 4.90 Å². The first-order valence-corrected chi connectivity index (χ1v) is 20.5. The molecule has 0 saturated heterocycles. The van der Waals surface area contributed by atoms with E-state index >= 15 is 0 Å². The second-order valence-electron chi connectivity index (χ2n) is 16.0. The molecule has 0 radical (unpaired) electrons. The topological polar surface area (TPSA) is 3.24 Å². The number of fused-ring (bicyclic) bond motifs is 6. The van der Waals surface area contributed by atoms with E-state index in [1.54, 1.807) is 0 Å². The minimum Gasteiger partial charge on any atom is -0.309 e. The Balaban J connectivity index is 1.16. The van der Waals surface area contributed by atoms with Crippen LogP contribution in [0.15, 0.2) is 212 Å². The Hall–Kier alpha value is -7.74. The van der Waals surface area contributed by atoms with E-state index in [1.807, 2.05) is 0 Å². The normalized spacial score (nSPS) is 12.1. The first kappa shape index (κ1) is 32.4. The van der Waals surface area contributed by atoms with Crippen LogP contribution in [0.4, 0.5) is 17.1 Å². The van der Waals surface area contributed by atoms with Crippen LogP contribution < -0.4 is 4.90 Å². The molecule has 13 rings (SSSR count). The fraction of sp³-hybridized carbons (Fsp3) is 0. The number of hydrogen-bond acceptors (Lipinski definition) is 1. The average molecular weight is 746 g/mol. The van der Waals surface area contributed by atoms with Gasteiger partial charge in [-0.3, -0.25) is 0 Å². The standard InChI is InChI=1S/C58H35N/c1-2-12-40-33-41(28-25-36(40)11-1)37-29-31-44(32-30-37)59(53-34-42-13-3-4-17-45(42)46-18-5-6-19-47(46)53)54-35-43-16-9-22-49-48-20-7-14-38-26-27-39-15-8-21-50(56(39)55(38)48)51-23-10-24-52(54)58(51)57(43)49/h1-35H. The van der Waals surface area contributed by atoms with Gasteiger partial charge in [-0.05, 0) is 122 Å². The number of nitrogens with zero attached hydrogens (tertiary/aromatic N) is 1. The molecule has 0 bridgehead atoms. The molecule has 0 unspecified atom stereocenters. The summed E-state index contributed by atoms with van der Waals surface area (Å²) in [6.45, 7) is 0. The van der Waals surface area contributed by atoms with Crippen LogP contribution in [0.3, 0.4) is 0 Å². The molecular weight excluding hydrogens is 711 g/mol. The molecule has 13 aromatic carbocycles. The third kappa shape index (κ3) is 4.73. The summed E-state index contributed by atoms with van der Waals surface area (Å²) in [4.78, 5) is 2.53. The predicted molar refractivity (Wildman–Crippen MR) is 255 cm³/mol. The molecule has 0 aliphatic carbocycles. The van der Waals surface area contributed by atoms with Gasteiger partial charge in [0.2, 0.25) is 0 Å². The SMILES string of the molecule is c1ccc2cc(-c3ccc(N(c4cc5ccccc5c5ccccc45)c4cc5cccc6c7cccc8ccc9cccc(c%10cccc4c%10c56)c9c87)cc3)ccc2c1. The Morgan fingerprint density at radius 1 is 0.220 bits per heavy atom. The second kappa shape index (κ2) is 12.4. The highest BCUT2D eigenvalue weighted by molar-refractivity contribution is 6.38. The Labute approximate surface area is 340 Å². The maximum atomic E-state index is 2.53. The first-order valence-electron chi connectivity index (χ1n) is 20.5. The molecule has 0 aliphatic rings. The van der Waals surface area contributed by atoms with E-state index in [0.717, 1.165) is 17.1 Å². The molecule has 0 fully saturated rings. The van der Waals surface area contributed by atoms with Gasteiger partial charge in [0, 0.05) is 21.8 Å². The number of hydrogen-bond donors (Lipinski definition) is 0. The molecule has 0 spiro atoms. The molecular formula is C58H35N. The van der Waals surface area contributed by atoms with Crippen molar-refractivity contribution in [3.8, 4) is 11.1 Å². The van der Waals surface area contributed by atoms with Crippen LogP contribution in [0.1, 0.15) is 0 Å². The molecule has 0 N–H and O–H groups in total. The lowest BCUT2D eigenvalue weighted by Gasteiger charge is -2.30. The molecule has 0 heterocycles. The van der Waals surface area contributed by atoms with Crippen molar-refractivity contribution >= 4 is 114 Å². The molecule has 0 atom stereocenters. The lowest BCUT2D eigenvalue weighted by Crippen LogP contribution is -2.11. The molecule has 0 saturated carbocycles. The Morgan fingerprint density at radius 3 is 1.37 bits per heavy atom. The van der Waals surface area contributed by atoms with Gasteiger partial charge in [0.05, 0.1) is 11.4 Å². The van der Waals surface area contributed by atoms with E-state index in [0.29, 0.717) is 0 Å². The van der Waals surface area contributed by atoms with Crippen molar-refractivity contribution in [1.29, 1.82) is 0 Å². The summed E-state index contributed by atoms with van der Waals surface area (Å²) in [6, 6.07) is 79.2. The molecule has 0 aliphatic heterocycles. The van der Waals surface area contributed by atoms with E-state index in [1.165, 1.54) is 108 Å². The van der Waals surface area contributed by atoms with Crippen LogP contribution >= 0.6 is 0 Å². The smallest absolute Gasteiger partial charge is 0.0546 e. The largest absolute Gasteiger partial charge is 0.309 e. The molecule has 59 heavy (non-hydrogen) atoms. The predicted octanol–water partition coefficient (Wildman–Crippen LogP) is 16.6. The zero-order chi connectivity index (χ0) is 38.6. The van der Waals surface area contributed by atoms with Gasteiger partial charge < -0.3 is 4.90 Å². The van der Waals surface area contributed by atoms with Gasteiger partial charge in [-0.1, -0.05) is 182 Å². The van der Waals surface area contributed by atoms with Crippen molar-refractivity contribution in [3.63, 3.8) is 0 Å². The molecule has 272 valence electrons. The van der Waals surface area contributed by atoms with E-state index in [2.05, 4.69) is 217 Å². The Bertz CT molecular complexity index is 3840. The third-order valence-corrected chi connectivity index (χ3v) is 12.9. The highest BCUT2D eigenvalue weighted by Gasteiger charge is 2.23. The minimum absolute atomic E-state index is 1.11. The zero-order valence-corrected chi connectivity index (χ0v) is 32.2. The van der Waals surface area contributed by atoms with Crippen LogP contribution in [0.2, 0.25) is 0 Å². The van der Waals surface area contributed by atoms with Gasteiger partial charge in [0.1, 0.15) is 0 Å². The van der Waals surface area contributed by atoms with Crippen LogP contribution in [-0.4, -0.2) is 0 Å². The zero-order valence-electron chi connectivity index (χ0n) is 32.2. The summed E-state index contributed by atoms with van der Waals surface area (Å²) in [5.41, 5.74) is 5.84. The van der Waals surface area contributed by atoms with Gasteiger partial charge in [-0.2, -0.15) is 0 Å². The van der Waals surface area contributed by atoms with Crippen molar-refractivity contribution in [2.45, 2.75) is 0 Å². The van der Waals surface area contributed by atoms with E-state index < -0.39 is 0 Å². The molecule has 1 heteroatoms. The minimum atomic E-state index is 1.11.